The van der Waals surface area contributed by atoms with Crippen molar-refractivity contribution in [1.82, 2.24) is 0 Å². The molecule has 0 aromatic heterocycles. The number of ether oxygens (including phenoxy) is 4. The molecule has 0 unspecified atom stereocenters. The van der Waals surface area contributed by atoms with Crippen molar-refractivity contribution < 1.29 is 28.5 Å². The van der Waals surface area contributed by atoms with Gasteiger partial charge in [-0.3, -0.25) is 9.59 Å². The van der Waals surface area contributed by atoms with Gasteiger partial charge in [-0.25, -0.2) is 0 Å². The summed E-state index contributed by atoms with van der Waals surface area (Å²) in [4.78, 5) is 26.6. The van der Waals surface area contributed by atoms with E-state index in [9.17, 15) is 9.59 Å². The van der Waals surface area contributed by atoms with Crippen LogP contribution in [0.4, 0.5) is 0 Å². The fraction of sp³-hybridized carbons (Fsp3) is 0.440. The van der Waals surface area contributed by atoms with E-state index in [1.54, 1.807) is 21.0 Å². The first-order chi connectivity index (χ1) is 15.0. The number of benzene rings is 2. The largest absolute Gasteiger partial charge is 0.497 e. The summed E-state index contributed by atoms with van der Waals surface area (Å²) in [7, 11) is 1.60. The second-order valence-corrected chi connectivity index (χ2v) is 7.63. The Morgan fingerprint density at radius 3 is 2.10 bits per heavy atom. The van der Waals surface area contributed by atoms with Crippen molar-refractivity contribution in [2.45, 2.75) is 45.3 Å². The first-order valence-electron chi connectivity index (χ1n) is 10.7. The van der Waals surface area contributed by atoms with Gasteiger partial charge in [0, 0.05) is 12.3 Å². The van der Waals surface area contributed by atoms with Crippen LogP contribution >= 0.6 is 0 Å². The summed E-state index contributed by atoms with van der Waals surface area (Å²) in [5.74, 6) is -0.717. The van der Waals surface area contributed by atoms with Crippen molar-refractivity contribution in [3.05, 3.63) is 65.7 Å². The molecular weight excluding hydrogens is 396 g/mol. The molecule has 0 radical (unpaired) electrons. The summed E-state index contributed by atoms with van der Waals surface area (Å²) in [5, 5.41) is 0. The molecule has 166 valence electrons. The summed E-state index contributed by atoms with van der Waals surface area (Å²) in [5.41, 5.74) is 0.286. The Labute approximate surface area is 183 Å². The lowest BCUT2D eigenvalue weighted by Crippen LogP contribution is -2.50. The van der Waals surface area contributed by atoms with Crippen LogP contribution in [0.25, 0.3) is 0 Å². The smallest absolute Gasteiger partial charge is 0.326 e. The maximum Gasteiger partial charge on any atom is 0.326 e. The highest BCUT2D eigenvalue weighted by atomic mass is 16.6. The molecule has 0 bridgehead atoms. The van der Waals surface area contributed by atoms with Gasteiger partial charge < -0.3 is 18.9 Å². The molecule has 6 nitrogen and oxygen atoms in total. The maximum atomic E-state index is 13.3. The van der Waals surface area contributed by atoms with E-state index in [0.29, 0.717) is 0 Å². The Balaban J connectivity index is 2.06. The SMILES string of the molecule is CCOC(=O)C1(C(=O)OCC)C[C@H](c2ccc(OC)cc2)O[C@@H]1[C@H](C)c1ccccc1. The number of esters is 2. The van der Waals surface area contributed by atoms with Crippen molar-refractivity contribution >= 4 is 11.9 Å². The molecule has 1 heterocycles. The molecule has 1 fully saturated rings. The maximum absolute atomic E-state index is 13.3. The lowest BCUT2D eigenvalue weighted by Gasteiger charge is -2.33. The van der Waals surface area contributed by atoms with E-state index in [1.807, 2.05) is 61.5 Å². The average Bonchev–Trinajstić information content (AvgIpc) is 3.21. The summed E-state index contributed by atoms with van der Waals surface area (Å²) in [6.45, 7) is 5.75. The van der Waals surface area contributed by atoms with Crippen molar-refractivity contribution in [3.63, 3.8) is 0 Å². The molecule has 0 N–H and O–H groups in total. The number of carbonyl (C=O) groups is 2. The highest BCUT2D eigenvalue weighted by Crippen LogP contribution is 2.52. The van der Waals surface area contributed by atoms with E-state index in [4.69, 9.17) is 18.9 Å². The van der Waals surface area contributed by atoms with Crippen LogP contribution < -0.4 is 4.74 Å². The number of carbonyl (C=O) groups excluding carboxylic acids is 2. The molecule has 0 aliphatic carbocycles. The van der Waals surface area contributed by atoms with Gasteiger partial charge in [0.05, 0.1) is 32.5 Å². The minimum absolute atomic E-state index is 0.152. The van der Waals surface area contributed by atoms with Gasteiger partial charge in [0.2, 0.25) is 0 Å². The van der Waals surface area contributed by atoms with Crippen LogP contribution in [0, 0.1) is 5.41 Å². The minimum Gasteiger partial charge on any atom is -0.497 e. The number of methoxy groups -OCH3 is 1. The molecule has 1 saturated heterocycles. The normalized spacial score (nSPS) is 20.6. The number of rotatable bonds is 8. The van der Waals surface area contributed by atoms with Gasteiger partial charge in [0.15, 0.2) is 5.41 Å². The third kappa shape index (κ3) is 4.44. The first kappa shape index (κ1) is 22.8. The van der Waals surface area contributed by atoms with E-state index in [2.05, 4.69) is 0 Å². The highest BCUT2D eigenvalue weighted by Gasteiger charge is 2.63. The quantitative estimate of drug-likeness (QED) is 0.459. The predicted molar refractivity (Wildman–Crippen MR) is 116 cm³/mol. The van der Waals surface area contributed by atoms with Crippen molar-refractivity contribution in [2.24, 2.45) is 5.41 Å². The second-order valence-electron chi connectivity index (χ2n) is 7.63. The third-order valence-electron chi connectivity index (χ3n) is 5.85. The molecule has 6 heteroatoms. The molecule has 1 aliphatic rings. The Kier molecular flexibility index (Phi) is 7.33. The van der Waals surface area contributed by atoms with E-state index in [1.165, 1.54) is 0 Å². The first-order valence-corrected chi connectivity index (χ1v) is 10.7. The molecular formula is C25H30O6. The van der Waals surface area contributed by atoms with E-state index in [0.717, 1.165) is 16.9 Å². The fourth-order valence-electron chi connectivity index (χ4n) is 4.24. The molecule has 0 amide bonds. The minimum atomic E-state index is -1.55. The summed E-state index contributed by atoms with van der Waals surface area (Å²) in [6.07, 6.45) is -1.05. The highest BCUT2D eigenvalue weighted by molar-refractivity contribution is 6.01. The Morgan fingerprint density at radius 1 is 1.00 bits per heavy atom. The molecule has 31 heavy (non-hydrogen) atoms. The summed E-state index contributed by atoms with van der Waals surface area (Å²) in [6, 6.07) is 17.2. The molecule has 2 aromatic rings. The van der Waals surface area contributed by atoms with Crippen molar-refractivity contribution in [3.8, 4) is 5.75 Å². The van der Waals surface area contributed by atoms with E-state index in [-0.39, 0.29) is 25.6 Å². The fourth-order valence-corrected chi connectivity index (χ4v) is 4.24. The molecule has 3 rings (SSSR count). The van der Waals surface area contributed by atoms with E-state index < -0.39 is 29.6 Å². The lowest BCUT2D eigenvalue weighted by atomic mass is 9.73. The molecule has 2 aromatic carbocycles. The monoisotopic (exact) mass is 426 g/mol. The number of hydrogen-bond donors (Lipinski definition) is 0. The van der Waals surface area contributed by atoms with Crippen LogP contribution in [0.15, 0.2) is 54.6 Å². The predicted octanol–water partition coefficient (Wildman–Crippen LogP) is 4.44. The van der Waals surface area contributed by atoms with Gasteiger partial charge in [-0.1, -0.05) is 49.4 Å². The average molecular weight is 427 g/mol. The topological polar surface area (TPSA) is 71.1 Å². The molecule has 1 aliphatic heterocycles. The van der Waals surface area contributed by atoms with Crippen LogP contribution in [0.3, 0.4) is 0 Å². The van der Waals surface area contributed by atoms with Crippen LogP contribution in [0.1, 0.15) is 50.3 Å². The third-order valence-corrected chi connectivity index (χ3v) is 5.85. The Morgan fingerprint density at radius 2 is 1.58 bits per heavy atom. The van der Waals surface area contributed by atoms with Gasteiger partial charge in [-0.05, 0) is 37.1 Å². The van der Waals surface area contributed by atoms with Crippen molar-refractivity contribution in [2.75, 3.05) is 20.3 Å². The van der Waals surface area contributed by atoms with Crippen LogP contribution in [-0.4, -0.2) is 38.4 Å². The van der Waals surface area contributed by atoms with Gasteiger partial charge >= 0.3 is 11.9 Å². The van der Waals surface area contributed by atoms with Crippen LogP contribution in [0.5, 0.6) is 5.75 Å². The van der Waals surface area contributed by atoms with Gasteiger partial charge in [-0.15, -0.1) is 0 Å². The Hall–Kier alpha value is -2.86. The van der Waals surface area contributed by atoms with E-state index >= 15 is 0 Å². The van der Waals surface area contributed by atoms with Crippen LogP contribution in [0.2, 0.25) is 0 Å². The van der Waals surface area contributed by atoms with Crippen molar-refractivity contribution in [1.29, 1.82) is 0 Å². The van der Waals surface area contributed by atoms with Crippen LogP contribution in [-0.2, 0) is 23.8 Å². The summed E-state index contributed by atoms with van der Waals surface area (Å²) >= 11 is 0. The second kappa shape index (κ2) is 9.96. The molecule has 0 spiro atoms. The lowest BCUT2D eigenvalue weighted by molar-refractivity contribution is -0.177. The van der Waals surface area contributed by atoms with Gasteiger partial charge in [0.1, 0.15) is 5.75 Å². The standard InChI is InChI=1S/C25H30O6/c1-5-29-23(26)25(24(27)30-6-2)16-21(19-12-14-20(28-4)15-13-19)31-22(25)17(3)18-10-8-7-9-11-18/h7-15,17,21-22H,5-6,16H2,1-4H3/t17-,21-,22-/m1/s1. The zero-order valence-electron chi connectivity index (χ0n) is 18.5. The zero-order valence-corrected chi connectivity index (χ0v) is 18.5. The molecule has 0 saturated carbocycles. The summed E-state index contributed by atoms with van der Waals surface area (Å²) < 4.78 is 22.5. The number of hydrogen-bond acceptors (Lipinski definition) is 6. The van der Waals surface area contributed by atoms with Gasteiger partial charge in [0.25, 0.3) is 0 Å². The molecule has 3 atom stereocenters. The zero-order chi connectivity index (χ0) is 22.4. The Bertz CT molecular complexity index is 859. The van der Waals surface area contributed by atoms with Gasteiger partial charge in [-0.2, -0.15) is 0 Å².